The zero-order chi connectivity index (χ0) is 15.0. The molecule has 1 aromatic heterocycles. The van der Waals surface area contributed by atoms with E-state index in [4.69, 9.17) is 5.11 Å². The lowest BCUT2D eigenvalue weighted by molar-refractivity contribution is -0.141. The predicted octanol–water partition coefficient (Wildman–Crippen LogP) is 0.659. The Morgan fingerprint density at radius 2 is 2.00 bits per heavy atom. The molecule has 2 aliphatic heterocycles. The summed E-state index contributed by atoms with van der Waals surface area (Å²) in [4.78, 5) is 36.4. The van der Waals surface area contributed by atoms with Crippen LogP contribution in [0.3, 0.4) is 0 Å². The molecule has 2 bridgehead atoms. The normalized spacial score (nSPS) is 23.5. The van der Waals surface area contributed by atoms with E-state index in [0.29, 0.717) is 19.6 Å². The molecule has 3 heterocycles. The Morgan fingerprint density at radius 1 is 1.19 bits per heavy atom. The van der Waals surface area contributed by atoms with Crippen molar-refractivity contribution in [3.63, 3.8) is 0 Å². The van der Waals surface area contributed by atoms with E-state index in [1.165, 1.54) is 0 Å². The quantitative estimate of drug-likeness (QED) is 0.887. The zero-order valence-corrected chi connectivity index (χ0v) is 11.7. The molecular formula is C15H18N2O4. The van der Waals surface area contributed by atoms with Gasteiger partial charge in [0.25, 0.3) is 5.56 Å². The van der Waals surface area contributed by atoms with E-state index >= 15 is 0 Å². The second kappa shape index (κ2) is 5.35. The summed E-state index contributed by atoms with van der Waals surface area (Å²) in [5.74, 6) is -0.582. The summed E-state index contributed by atoms with van der Waals surface area (Å²) in [5.41, 5.74) is 1.02. The van der Waals surface area contributed by atoms with Gasteiger partial charge in [0, 0.05) is 43.7 Å². The number of aliphatic carboxylic acids is 1. The van der Waals surface area contributed by atoms with Crippen LogP contribution < -0.4 is 5.56 Å². The SMILES string of the molecule is O=C(O)CCC(=O)N1CC2C[C@@H](C1)Cn1c2cccc1=O. The fourth-order valence-corrected chi connectivity index (χ4v) is 3.47. The van der Waals surface area contributed by atoms with Crippen molar-refractivity contribution in [3.8, 4) is 0 Å². The van der Waals surface area contributed by atoms with Crippen molar-refractivity contribution in [1.82, 2.24) is 9.47 Å². The van der Waals surface area contributed by atoms with Crippen molar-refractivity contribution in [2.75, 3.05) is 13.1 Å². The Hall–Kier alpha value is -2.11. The van der Waals surface area contributed by atoms with Gasteiger partial charge in [-0.05, 0) is 18.4 Å². The van der Waals surface area contributed by atoms with Gasteiger partial charge >= 0.3 is 5.97 Å². The number of fused-ring (bicyclic) bond motifs is 4. The molecule has 1 N–H and O–H groups in total. The minimum Gasteiger partial charge on any atom is -0.481 e. The van der Waals surface area contributed by atoms with Crippen molar-refractivity contribution in [3.05, 3.63) is 34.2 Å². The number of rotatable bonds is 3. The van der Waals surface area contributed by atoms with Crippen LogP contribution in [0.25, 0.3) is 0 Å². The van der Waals surface area contributed by atoms with E-state index < -0.39 is 5.97 Å². The number of carbonyl (C=O) groups is 2. The van der Waals surface area contributed by atoms with Crippen molar-refractivity contribution in [2.24, 2.45) is 5.92 Å². The van der Waals surface area contributed by atoms with Gasteiger partial charge in [-0.15, -0.1) is 0 Å². The lowest BCUT2D eigenvalue weighted by Crippen LogP contribution is -2.49. The lowest BCUT2D eigenvalue weighted by atomic mass is 9.83. The van der Waals surface area contributed by atoms with E-state index in [1.54, 1.807) is 17.0 Å². The predicted molar refractivity (Wildman–Crippen MR) is 75.0 cm³/mol. The molecule has 0 aliphatic carbocycles. The summed E-state index contributed by atoms with van der Waals surface area (Å²) in [6, 6.07) is 5.29. The Labute approximate surface area is 122 Å². The molecule has 1 saturated heterocycles. The third-order valence-electron chi connectivity index (χ3n) is 4.39. The monoisotopic (exact) mass is 290 g/mol. The Kier molecular flexibility index (Phi) is 3.53. The molecule has 1 aromatic rings. The number of aromatic nitrogens is 1. The molecule has 2 aliphatic rings. The van der Waals surface area contributed by atoms with Crippen LogP contribution in [-0.2, 0) is 16.1 Å². The van der Waals surface area contributed by atoms with E-state index in [-0.39, 0.29) is 36.1 Å². The number of likely N-dealkylation sites (tertiary alicyclic amines) is 1. The maximum Gasteiger partial charge on any atom is 0.303 e. The Bertz CT molecular complexity index is 637. The van der Waals surface area contributed by atoms with Crippen molar-refractivity contribution in [1.29, 1.82) is 0 Å². The third kappa shape index (κ3) is 2.70. The van der Waals surface area contributed by atoms with Crippen molar-refractivity contribution < 1.29 is 14.7 Å². The van der Waals surface area contributed by atoms with E-state index in [1.807, 2.05) is 10.6 Å². The minimum absolute atomic E-state index is 0.0212. The molecule has 6 nitrogen and oxygen atoms in total. The van der Waals surface area contributed by atoms with E-state index in [0.717, 1.165) is 12.1 Å². The van der Waals surface area contributed by atoms with E-state index in [9.17, 15) is 14.4 Å². The van der Waals surface area contributed by atoms with Gasteiger partial charge in [0.1, 0.15) is 0 Å². The second-order valence-corrected chi connectivity index (χ2v) is 5.89. The lowest BCUT2D eigenvalue weighted by Gasteiger charge is -2.42. The van der Waals surface area contributed by atoms with Gasteiger partial charge in [0.15, 0.2) is 0 Å². The molecule has 112 valence electrons. The number of carboxylic acids is 1. The molecule has 1 unspecified atom stereocenters. The first-order valence-corrected chi connectivity index (χ1v) is 7.24. The second-order valence-electron chi connectivity index (χ2n) is 5.89. The average Bonchev–Trinajstić information content (AvgIpc) is 2.45. The number of hydrogen-bond acceptors (Lipinski definition) is 3. The van der Waals surface area contributed by atoms with Crippen LogP contribution in [0.4, 0.5) is 0 Å². The van der Waals surface area contributed by atoms with Crippen LogP contribution in [0, 0.1) is 5.92 Å². The first-order valence-electron chi connectivity index (χ1n) is 7.24. The molecule has 1 amide bonds. The highest BCUT2D eigenvalue weighted by Gasteiger charge is 2.35. The first-order chi connectivity index (χ1) is 10.0. The molecule has 2 atom stereocenters. The number of hydrogen-bond donors (Lipinski definition) is 1. The number of pyridine rings is 1. The largest absolute Gasteiger partial charge is 0.481 e. The summed E-state index contributed by atoms with van der Waals surface area (Å²) < 4.78 is 1.82. The average molecular weight is 290 g/mol. The molecule has 0 spiro atoms. The summed E-state index contributed by atoms with van der Waals surface area (Å²) in [6.45, 7) is 1.85. The van der Waals surface area contributed by atoms with Crippen LogP contribution in [0.15, 0.2) is 23.0 Å². The highest BCUT2D eigenvalue weighted by molar-refractivity contribution is 5.80. The zero-order valence-electron chi connectivity index (χ0n) is 11.7. The van der Waals surface area contributed by atoms with Gasteiger partial charge in [-0.1, -0.05) is 6.07 Å². The van der Waals surface area contributed by atoms with E-state index in [2.05, 4.69) is 0 Å². The van der Waals surface area contributed by atoms with Gasteiger partial charge in [-0.3, -0.25) is 14.4 Å². The minimum atomic E-state index is -0.947. The summed E-state index contributed by atoms with van der Waals surface area (Å²) in [5, 5.41) is 8.67. The van der Waals surface area contributed by atoms with Crippen molar-refractivity contribution in [2.45, 2.75) is 31.7 Å². The van der Waals surface area contributed by atoms with Crippen LogP contribution in [-0.4, -0.2) is 39.5 Å². The van der Waals surface area contributed by atoms with Gasteiger partial charge in [0.2, 0.25) is 5.91 Å². The third-order valence-corrected chi connectivity index (χ3v) is 4.39. The van der Waals surface area contributed by atoms with Crippen LogP contribution >= 0.6 is 0 Å². The van der Waals surface area contributed by atoms with Crippen LogP contribution in [0.5, 0.6) is 0 Å². The molecule has 3 rings (SSSR count). The van der Waals surface area contributed by atoms with Gasteiger partial charge in [-0.25, -0.2) is 0 Å². The first kappa shape index (κ1) is 13.9. The molecule has 0 radical (unpaired) electrons. The maximum absolute atomic E-state index is 12.1. The Morgan fingerprint density at radius 3 is 2.76 bits per heavy atom. The van der Waals surface area contributed by atoms with Crippen molar-refractivity contribution >= 4 is 11.9 Å². The fraction of sp³-hybridized carbons (Fsp3) is 0.533. The standard InChI is InChI=1S/C15H18N2O4/c18-13(4-5-15(20)21)16-7-10-6-11(9-16)12-2-1-3-14(19)17(12)8-10/h1-3,10-11H,4-9H2,(H,20,21)/t10-,11?/m0/s1. The van der Waals surface area contributed by atoms with Gasteiger partial charge < -0.3 is 14.6 Å². The molecule has 1 fully saturated rings. The molecule has 0 saturated carbocycles. The molecular weight excluding hydrogens is 272 g/mol. The molecule has 0 aromatic carbocycles. The van der Waals surface area contributed by atoms with Crippen LogP contribution in [0.1, 0.15) is 30.9 Å². The number of piperidine rings is 1. The Balaban J connectivity index is 1.77. The smallest absolute Gasteiger partial charge is 0.303 e. The summed E-state index contributed by atoms with van der Waals surface area (Å²) in [7, 11) is 0. The number of carboxylic acid groups (broad SMARTS) is 1. The maximum atomic E-state index is 12.1. The summed E-state index contributed by atoms with van der Waals surface area (Å²) in [6.07, 6.45) is 0.920. The van der Waals surface area contributed by atoms with Gasteiger partial charge in [0.05, 0.1) is 6.42 Å². The molecule has 21 heavy (non-hydrogen) atoms. The molecule has 6 heteroatoms. The number of nitrogens with zero attached hydrogens (tertiary/aromatic N) is 2. The fourth-order valence-electron chi connectivity index (χ4n) is 3.47. The van der Waals surface area contributed by atoms with Crippen LogP contribution in [0.2, 0.25) is 0 Å². The highest BCUT2D eigenvalue weighted by atomic mass is 16.4. The number of carbonyl (C=O) groups excluding carboxylic acids is 1. The highest BCUT2D eigenvalue weighted by Crippen LogP contribution is 2.35. The summed E-state index contributed by atoms with van der Waals surface area (Å²) >= 11 is 0. The van der Waals surface area contributed by atoms with Gasteiger partial charge in [-0.2, -0.15) is 0 Å². The number of amides is 1. The topological polar surface area (TPSA) is 79.6 Å².